The number of hydrogen-bond donors (Lipinski definition) is 2. The predicted octanol–water partition coefficient (Wildman–Crippen LogP) is 3.61. The summed E-state index contributed by atoms with van der Waals surface area (Å²) in [4.78, 5) is 19.0. The van der Waals surface area contributed by atoms with Crippen molar-refractivity contribution in [3.63, 3.8) is 0 Å². The zero-order valence-electron chi connectivity index (χ0n) is 12.9. The van der Waals surface area contributed by atoms with E-state index in [-0.39, 0.29) is 18.2 Å². The van der Waals surface area contributed by atoms with Crippen molar-refractivity contribution in [3.05, 3.63) is 11.6 Å². The maximum atomic E-state index is 12.8. The van der Waals surface area contributed by atoms with Gasteiger partial charge < -0.3 is 10.0 Å². The van der Waals surface area contributed by atoms with Gasteiger partial charge >= 0.3 is 6.03 Å². The lowest BCUT2D eigenvalue weighted by Gasteiger charge is -2.42. The Labute approximate surface area is 135 Å². The quantitative estimate of drug-likeness (QED) is 0.893. The van der Waals surface area contributed by atoms with E-state index in [0.717, 1.165) is 38.5 Å². The molecule has 2 aliphatic carbocycles. The first-order valence-corrected chi connectivity index (χ1v) is 9.29. The molecule has 2 aliphatic rings. The molecular weight excluding hydrogens is 298 g/mol. The molecule has 0 bridgehead atoms. The van der Waals surface area contributed by atoms with Gasteiger partial charge in [-0.2, -0.15) is 0 Å². The molecule has 0 aliphatic heterocycles. The maximum Gasteiger partial charge on any atom is 0.324 e. The van der Waals surface area contributed by atoms with Gasteiger partial charge in [-0.05, 0) is 38.5 Å². The van der Waals surface area contributed by atoms with Gasteiger partial charge in [0.05, 0.1) is 6.10 Å². The molecule has 122 valence electrons. The maximum absolute atomic E-state index is 12.8. The Kier molecular flexibility index (Phi) is 5.31. The standard InChI is InChI=1S/C16H25N3O2S/c20-14-8-6-13(7-9-14)19(12-4-2-1-3-5-12)16(21)18-15-17-10-11-22-15/h10-14,20H,1-9H2,(H,17,18,21). The average molecular weight is 323 g/mol. The zero-order valence-corrected chi connectivity index (χ0v) is 13.7. The fourth-order valence-corrected chi connectivity index (χ4v) is 4.29. The van der Waals surface area contributed by atoms with Gasteiger partial charge in [0, 0.05) is 23.7 Å². The lowest BCUT2D eigenvalue weighted by Crippen LogP contribution is -2.51. The monoisotopic (exact) mass is 323 g/mol. The summed E-state index contributed by atoms with van der Waals surface area (Å²) in [5, 5.41) is 15.2. The number of aliphatic hydroxyl groups is 1. The number of carbonyl (C=O) groups is 1. The summed E-state index contributed by atoms with van der Waals surface area (Å²) in [7, 11) is 0. The number of nitrogens with one attached hydrogen (secondary N) is 1. The van der Waals surface area contributed by atoms with E-state index < -0.39 is 0 Å². The number of aliphatic hydroxyl groups excluding tert-OH is 1. The van der Waals surface area contributed by atoms with Gasteiger partial charge in [-0.1, -0.05) is 19.3 Å². The van der Waals surface area contributed by atoms with Crippen LogP contribution in [-0.2, 0) is 0 Å². The summed E-state index contributed by atoms with van der Waals surface area (Å²) >= 11 is 1.45. The summed E-state index contributed by atoms with van der Waals surface area (Å²) < 4.78 is 0. The number of rotatable bonds is 3. The number of amides is 2. The van der Waals surface area contributed by atoms with E-state index in [1.165, 1.54) is 30.6 Å². The number of nitrogens with zero attached hydrogens (tertiary/aromatic N) is 2. The van der Waals surface area contributed by atoms with Crippen molar-refractivity contribution < 1.29 is 9.90 Å². The first-order chi connectivity index (χ1) is 10.7. The minimum absolute atomic E-state index is 0.0109. The van der Waals surface area contributed by atoms with Crippen LogP contribution in [0.5, 0.6) is 0 Å². The Hall–Kier alpha value is -1.14. The molecule has 2 N–H and O–H groups in total. The van der Waals surface area contributed by atoms with Crippen LogP contribution in [0.2, 0.25) is 0 Å². The number of aromatic nitrogens is 1. The second-order valence-corrected chi connectivity index (χ2v) is 7.32. The summed E-state index contributed by atoms with van der Waals surface area (Å²) in [6, 6.07) is 0.587. The highest BCUT2D eigenvalue weighted by atomic mass is 32.1. The molecule has 0 aromatic carbocycles. The number of carbonyl (C=O) groups excluding carboxylic acids is 1. The van der Waals surface area contributed by atoms with Crippen molar-refractivity contribution in [1.29, 1.82) is 0 Å². The van der Waals surface area contributed by atoms with Crippen LogP contribution in [0, 0.1) is 0 Å². The van der Waals surface area contributed by atoms with E-state index in [4.69, 9.17) is 0 Å². The van der Waals surface area contributed by atoms with Gasteiger partial charge in [0.2, 0.25) is 0 Å². The van der Waals surface area contributed by atoms with Crippen LogP contribution in [0.1, 0.15) is 57.8 Å². The summed E-state index contributed by atoms with van der Waals surface area (Å²) in [6.45, 7) is 0. The van der Waals surface area contributed by atoms with Gasteiger partial charge in [0.15, 0.2) is 5.13 Å². The van der Waals surface area contributed by atoms with Crippen LogP contribution < -0.4 is 5.32 Å². The Morgan fingerprint density at radius 2 is 1.82 bits per heavy atom. The van der Waals surface area contributed by atoms with Crippen molar-refractivity contribution in [3.8, 4) is 0 Å². The van der Waals surface area contributed by atoms with Crippen LogP contribution in [0.15, 0.2) is 11.6 Å². The summed E-state index contributed by atoms with van der Waals surface area (Å²) in [5.41, 5.74) is 0. The Balaban J connectivity index is 1.71. The molecule has 22 heavy (non-hydrogen) atoms. The third kappa shape index (κ3) is 3.79. The van der Waals surface area contributed by atoms with Crippen molar-refractivity contribution in [2.45, 2.75) is 76.0 Å². The molecular formula is C16H25N3O2S. The summed E-state index contributed by atoms with van der Waals surface area (Å²) in [5.74, 6) is 0. The number of anilines is 1. The molecule has 0 radical (unpaired) electrons. The number of urea groups is 1. The van der Waals surface area contributed by atoms with Gasteiger partial charge in [0.1, 0.15) is 0 Å². The van der Waals surface area contributed by atoms with E-state index >= 15 is 0 Å². The Morgan fingerprint density at radius 1 is 1.14 bits per heavy atom. The molecule has 2 fully saturated rings. The molecule has 5 nitrogen and oxygen atoms in total. The predicted molar refractivity (Wildman–Crippen MR) is 88.1 cm³/mol. The lowest BCUT2D eigenvalue weighted by atomic mass is 9.88. The van der Waals surface area contributed by atoms with Gasteiger partial charge in [-0.3, -0.25) is 5.32 Å². The number of hydrogen-bond acceptors (Lipinski definition) is 4. The molecule has 0 saturated heterocycles. The molecule has 3 rings (SSSR count). The molecule has 2 amide bonds. The van der Waals surface area contributed by atoms with Crippen molar-refractivity contribution in [1.82, 2.24) is 9.88 Å². The highest BCUT2D eigenvalue weighted by molar-refractivity contribution is 7.13. The third-order valence-corrected chi connectivity index (χ3v) is 5.60. The topological polar surface area (TPSA) is 65.5 Å². The average Bonchev–Trinajstić information content (AvgIpc) is 3.03. The van der Waals surface area contributed by atoms with Crippen LogP contribution in [-0.4, -0.2) is 39.2 Å². The minimum atomic E-state index is -0.188. The van der Waals surface area contributed by atoms with Crippen LogP contribution in [0.3, 0.4) is 0 Å². The fraction of sp³-hybridized carbons (Fsp3) is 0.750. The molecule has 1 aromatic heterocycles. The Morgan fingerprint density at radius 3 is 2.45 bits per heavy atom. The smallest absolute Gasteiger partial charge is 0.324 e. The molecule has 0 unspecified atom stereocenters. The Bertz CT molecular complexity index is 466. The van der Waals surface area contributed by atoms with Gasteiger partial charge in [0.25, 0.3) is 0 Å². The lowest BCUT2D eigenvalue weighted by molar-refractivity contribution is 0.0645. The van der Waals surface area contributed by atoms with Gasteiger partial charge in [-0.15, -0.1) is 11.3 Å². The second kappa shape index (κ2) is 7.42. The van der Waals surface area contributed by atoms with E-state index in [2.05, 4.69) is 15.2 Å². The molecule has 1 heterocycles. The second-order valence-electron chi connectivity index (χ2n) is 6.43. The molecule has 0 spiro atoms. The highest BCUT2D eigenvalue weighted by Crippen LogP contribution is 2.31. The van der Waals surface area contributed by atoms with E-state index in [1.807, 2.05) is 5.38 Å². The van der Waals surface area contributed by atoms with Gasteiger partial charge in [-0.25, -0.2) is 9.78 Å². The normalized spacial score (nSPS) is 26.6. The van der Waals surface area contributed by atoms with Crippen LogP contribution in [0.4, 0.5) is 9.93 Å². The van der Waals surface area contributed by atoms with E-state index in [0.29, 0.717) is 11.2 Å². The zero-order chi connectivity index (χ0) is 15.4. The molecule has 0 atom stereocenters. The summed E-state index contributed by atoms with van der Waals surface area (Å²) in [6.07, 6.45) is 10.8. The van der Waals surface area contributed by atoms with E-state index in [9.17, 15) is 9.90 Å². The van der Waals surface area contributed by atoms with E-state index in [1.54, 1.807) is 6.20 Å². The minimum Gasteiger partial charge on any atom is -0.393 e. The number of thiazole rings is 1. The molecule has 2 saturated carbocycles. The highest BCUT2D eigenvalue weighted by Gasteiger charge is 2.34. The van der Waals surface area contributed by atoms with Crippen LogP contribution in [0.25, 0.3) is 0 Å². The molecule has 6 heteroatoms. The third-order valence-electron chi connectivity index (χ3n) is 4.91. The van der Waals surface area contributed by atoms with Crippen molar-refractivity contribution >= 4 is 22.5 Å². The SMILES string of the molecule is O=C(Nc1nccs1)N(C1CCCCC1)C1CCC(O)CC1. The fourth-order valence-electron chi connectivity index (χ4n) is 3.77. The largest absolute Gasteiger partial charge is 0.393 e. The van der Waals surface area contributed by atoms with Crippen molar-refractivity contribution in [2.24, 2.45) is 0 Å². The van der Waals surface area contributed by atoms with Crippen LogP contribution >= 0.6 is 11.3 Å². The first-order valence-electron chi connectivity index (χ1n) is 8.41. The first kappa shape index (κ1) is 15.7. The molecule has 1 aromatic rings. The van der Waals surface area contributed by atoms with Crippen molar-refractivity contribution in [2.75, 3.05) is 5.32 Å².